The van der Waals surface area contributed by atoms with E-state index in [1.165, 1.54) is 0 Å². The molecule has 1 aromatic heterocycles. The van der Waals surface area contributed by atoms with E-state index in [2.05, 4.69) is 25.7 Å². The molecule has 0 radical (unpaired) electrons. The molecule has 2 fully saturated rings. The van der Waals surface area contributed by atoms with Crippen LogP contribution in [-0.2, 0) is 9.53 Å². The molecule has 0 unspecified atom stereocenters. The lowest BCUT2D eigenvalue weighted by Crippen LogP contribution is -2.46. The summed E-state index contributed by atoms with van der Waals surface area (Å²) in [5.41, 5.74) is 0.644. The van der Waals surface area contributed by atoms with Gasteiger partial charge in [-0.1, -0.05) is 29.5 Å². The van der Waals surface area contributed by atoms with Gasteiger partial charge in [-0.2, -0.15) is 0 Å². The molecule has 0 bridgehead atoms. The number of nitrogens with zero attached hydrogens (tertiary/aromatic N) is 4. The molecule has 10 nitrogen and oxygen atoms in total. The Morgan fingerprint density at radius 3 is 2.62 bits per heavy atom. The average molecular weight is 487 g/mol. The van der Waals surface area contributed by atoms with Crippen molar-refractivity contribution in [1.82, 2.24) is 25.3 Å². The van der Waals surface area contributed by atoms with Gasteiger partial charge in [0.25, 0.3) is 11.8 Å². The van der Waals surface area contributed by atoms with E-state index in [1.54, 1.807) is 17.0 Å². The second-order valence-corrected chi connectivity index (χ2v) is 9.40. The number of carbonyl (C=O) groups is 3. The van der Waals surface area contributed by atoms with Crippen molar-refractivity contribution < 1.29 is 19.1 Å². The normalized spacial score (nSPS) is 18.9. The lowest BCUT2D eigenvalue weighted by molar-refractivity contribution is -0.126. The molecule has 0 spiro atoms. The van der Waals surface area contributed by atoms with Crippen molar-refractivity contribution in [3.05, 3.63) is 40.3 Å². The van der Waals surface area contributed by atoms with E-state index in [4.69, 9.17) is 4.74 Å². The van der Waals surface area contributed by atoms with Crippen molar-refractivity contribution in [2.45, 2.75) is 19.3 Å². The number of morpholine rings is 1. The Labute approximate surface area is 202 Å². The van der Waals surface area contributed by atoms with E-state index in [0.29, 0.717) is 25.3 Å². The molecular weight excluding hydrogens is 456 g/mol. The van der Waals surface area contributed by atoms with E-state index in [1.807, 2.05) is 18.2 Å². The molecule has 2 aromatic rings. The highest BCUT2D eigenvalue weighted by Gasteiger charge is 2.30. The number of carbonyl (C=O) groups excluding carboxylic acids is 3. The molecule has 34 heavy (non-hydrogen) atoms. The Balaban J connectivity index is 1.24. The van der Waals surface area contributed by atoms with Gasteiger partial charge in [0.05, 0.1) is 19.1 Å². The van der Waals surface area contributed by atoms with Crippen molar-refractivity contribution in [3.63, 3.8) is 0 Å². The largest absolute Gasteiger partial charge is 0.379 e. The van der Waals surface area contributed by atoms with Crippen LogP contribution in [0.4, 0.5) is 5.69 Å². The monoisotopic (exact) mass is 486 g/mol. The van der Waals surface area contributed by atoms with E-state index in [-0.39, 0.29) is 27.7 Å². The van der Waals surface area contributed by atoms with E-state index in [9.17, 15) is 14.4 Å². The number of piperidine rings is 1. The summed E-state index contributed by atoms with van der Waals surface area (Å²) in [6, 6.07) is 9.03. The molecule has 4 rings (SSSR count). The van der Waals surface area contributed by atoms with Crippen LogP contribution in [0, 0.1) is 5.92 Å². The minimum absolute atomic E-state index is 0.0142. The van der Waals surface area contributed by atoms with Crippen LogP contribution in [0.1, 0.15) is 38.9 Å². The highest BCUT2D eigenvalue weighted by Crippen LogP contribution is 2.21. The van der Waals surface area contributed by atoms with Gasteiger partial charge >= 0.3 is 0 Å². The number of nitrogens with one attached hydrogen (secondary N) is 2. The zero-order valence-electron chi connectivity index (χ0n) is 19.1. The van der Waals surface area contributed by atoms with Crippen LogP contribution >= 0.6 is 11.3 Å². The summed E-state index contributed by atoms with van der Waals surface area (Å²) in [4.78, 5) is 42.0. The molecule has 11 heteroatoms. The molecule has 3 amide bonds. The molecule has 2 N–H and O–H groups in total. The topological polar surface area (TPSA) is 117 Å². The van der Waals surface area contributed by atoms with Crippen LogP contribution in [-0.4, -0.2) is 90.2 Å². The number of rotatable bonds is 8. The number of likely N-dealkylation sites (tertiary alicyclic amines) is 1. The second-order valence-electron chi connectivity index (χ2n) is 8.42. The fraction of sp³-hybridized carbons (Fsp3) is 0.522. The number of benzene rings is 1. The molecule has 2 aliphatic rings. The fourth-order valence-electron chi connectivity index (χ4n) is 4.10. The fourth-order valence-corrected chi connectivity index (χ4v) is 4.81. The first-order chi connectivity index (χ1) is 16.6. The van der Waals surface area contributed by atoms with Crippen LogP contribution in [0.5, 0.6) is 0 Å². The summed E-state index contributed by atoms with van der Waals surface area (Å²) in [6.45, 7) is 5.89. The van der Waals surface area contributed by atoms with Crippen molar-refractivity contribution in [1.29, 1.82) is 0 Å². The smallest absolute Gasteiger partial charge is 0.286 e. The minimum atomic E-state index is -0.407. The third kappa shape index (κ3) is 6.58. The summed E-state index contributed by atoms with van der Waals surface area (Å²) >= 11 is 0.962. The molecule has 1 aromatic carbocycles. The Morgan fingerprint density at radius 1 is 1.06 bits per heavy atom. The van der Waals surface area contributed by atoms with Crippen molar-refractivity contribution in [2.24, 2.45) is 5.92 Å². The Bertz CT molecular complexity index is 979. The summed E-state index contributed by atoms with van der Waals surface area (Å²) in [5, 5.41) is 13.9. The number of amides is 3. The van der Waals surface area contributed by atoms with Gasteiger partial charge < -0.3 is 20.3 Å². The third-order valence-electron chi connectivity index (χ3n) is 5.97. The number of hydrogen-bond donors (Lipinski definition) is 2. The van der Waals surface area contributed by atoms with E-state index < -0.39 is 5.91 Å². The molecule has 3 heterocycles. The lowest BCUT2D eigenvalue weighted by Gasteiger charge is -2.31. The Hall–Kier alpha value is -2.89. The second kappa shape index (κ2) is 12.0. The van der Waals surface area contributed by atoms with Gasteiger partial charge in [0.2, 0.25) is 15.9 Å². The summed E-state index contributed by atoms with van der Waals surface area (Å²) in [6.07, 6.45) is 2.39. The van der Waals surface area contributed by atoms with Gasteiger partial charge in [-0.15, -0.1) is 10.2 Å². The molecule has 0 aliphatic carbocycles. The number of hydrogen-bond acceptors (Lipinski definition) is 8. The predicted molar refractivity (Wildman–Crippen MR) is 128 cm³/mol. The standard InChI is InChI=1S/C23H30N6O4S/c30-19(24-9-5-10-28-12-14-33-15-13-28)17-6-4-11-29(16-17)23(32)22-27-26-21(34-22)20(31)25-18-7-2-1-3-8-18/h1-3,7-8,17H,4-6,9-16H2,(H,24,30)(H,25,31)/t17-/m1/s1. The van der Waals surface area contributed by atoms with Crippen molar-refractivity contribution in [2.75, 3.05) is 57.8 Å². The molecule has 182 valence electrons. The first-order valence-corrected chi connectivity index (χ1v) is 12.5. The predicted octanol–water partition coefficient (Wildman–Crippen LogP) is 1.48. The van der Waals surface area contributed by atoms with E-state index >= 15 is 0 Å². The zero-order valence-corrected chi connectivity index (χ0v) is 19.9. The summed E-state index contributed by atoms with van der Waals surface area (Å²) < 4.78 is 5.35. The van der Waals surface area contributed by atoms with Gasteiger partial charge in [0.1, 0.15) is 0 Å². The number of aromatic nitrogens is 2. The number of ether oxygens (including phenoxy) is 1. The maximum Gasteiger partial charge on any atom is 0.286 e. The van der Waals surface area contributed by atoms with Crippen LogP contribution in [0.2, 0.25) is 0 Å². The number of anilines is 1. The van der Waals surface area contributed by atoms with Crippen LogP contribution in [0.15, 0.2) is 30.3 Å². The molecule has 2 saturated heterocycles. The Morgan fingerprint density at radius 2 is 1.82 bits per heavy atom. The summed E-state index contributed by atoms with van der Waals surface area (Å²) in [5.74, 6) is -0.952. The van der Waals surface area contributed by atoms with Gasteiger partial charge in [-0.05, 0) is 37.9 Å². The van der Waals surface area contributed by atoms with Crippen molar-refractivity contribution >= 4 is 34.7 Å². The quantitative estimate of drug-likeness (QED) is 0.543. The molecule has 2 aliphatic heterocycles. The first-order valence-electron chi connectivity index (χ1n) is 11.7. The summed E-state index contributed by atoms with van der Waals surface area (Å²) in [7, 11) is 0. The highest BCUT2D eigenvalue weighted by atomic mass is 32.1. The Kier molecular flexibility index (Phi) is 8.56. The van der Waals surface area contributed by atoms with Crippen molar-refractivity contribution in [3.8, 4) is 0 Å². The zero-order chi connectivity index (χ0) is 23.8. The maximum atomic E-state index is 13.0. The van der Waals surface area contributed by atoms with E-state index in [0.717, 1.165) is 63.4 Å². The molecular formula is C23H30N6O4S. The van der Waals surface area contributed by atoms with Gasteiger partial charge in [-0.3, -0.25) is 19.3 Å². The van der Waals surface area contributed by atoms with Crippen LogP contribution in [0.3, 0.4) is 0 Å². The molecule has 1 atom stereocenters. The van der Waals surface area contributed by atoms with Gasteiger partial charge in [-0.25, -0.2) is 0 Å². The SMILES string of the molecule is O=C(Nc1ccccc1)c1nnc(C(=O)N2CCC[C@@H](C(=O)NCCCN3CCOCC3)C2)s1. The van der Waals surface area contributed by atoms with Gasteiger partial charge in [0.15, 0.2) is 0 Å². The van der Waals surface area contributed by atoms with Gasteiger partial charge in [0, 0.05) is 38.4 Å². The average Bonchev–Trinajstić information content (AvgIpc) is 3.38. The number of para-hydroxylation sites is 1. The van der Waals surface area contributed by atoms with Crippen LogP contribution < -0.4 is 10.6 Å². The highest BCUT2D eigenvalue weighted by molar-refractivity contribution is 7.15. The molecule has 0 saturated carbocycles. The first kappa shape index (κ1) is 24.2. The lowest BCUT2D eigenvalue weighted by atomic mass is 9.97. The maximum absolute atomic E-state index is 13.0. The third-order valence-corrected chi connectivity index (χ3v) is 6.88. The van der Waals surface area contributed by atoms with Crippen LogP contribution in [0.25, 0.3) is 0 Å². The minimum Gasteiger partial charge on any atom is -0.379 e.